The molecule has 3 N–H and O–H groups in total. The summed E-state index contributed by atoms with van der Waals surface area (Å²) in [5.74, 6) is -2.08. The summed E-state index contributed by atoms with van der Waals surface area (Å²) in [5, 5.41) is 9.27. The number of aromatic nitrogens is 1. The molecule has 31 heavy (non-hydrogen) atoms. The molecule has 1 aromatic heterocycles. The van der Waals surface area contributed by atoms with E-state index in [2.05, 4.69) is 0 Å². The summed E-state index contributed by atoms with van der Waals surface area (Å²) in [6, 6.07) is 0.388. The van der Waals surface area contributed by atoms with Crippen LogP contribution in [0.2, 0.25) is 0 Å². The zero-order valence-electron chi connectivity index (χ0n) is 16.9. The molecular formula is C21H23F2N3O5. The maximum Gasteiger partial charge on any atom is 0.341 e. The van der Waals surface area contributed by atoms with Gasteiger partial charge in [0.2, 0.25) is 5.43 Å². The number of benzene rings is 1. The fourth-order valence-electron chi connectivity index (χ4n) is 4.94. The molecule has 0 bridgehead atoms. The molecule has 3 aliphatic rings. The first-order chi connectivity index (χ1) is 14.7. The van der Waals surface area contributed by atoms with Crippen LogP contribution in [0.1, 0.15) is 29.2 Å². The molecule has 0 amide bonds. The molecule has 8 nitrogen and oxygen atoms in total. The van der Waals surface area contributed by atoms with Crippen LogP contribution in [0.3, 0.4) is 0 Å². The third kappa shape index (κ3) is 3.00. The summed E-state index contributed by atoms with van der Waals surface area (Å²) in [4.78, 5) is 26.2. The Morgan fingerprint density at radius 2 is 2.19 bits per heavy atom. The molecule has 2 aromatic rings. The molecule has 10 heteroatoms. The molecule has 4 atom stereocenters. The van der Waals surface area contributed by atoms with Crippen LogP contribution in [-0.4, -0.2) is 60.8 Å². The van der Waals surface area contributed by atoms with E-state index in [1.54, 1.807) is 4.90 Å². The molecule has 0 radical (unpaired) electrons. The Morgan fingerprint density at radius 3 is 2.81 bits per heavy atom. The molecule has 3 heterocycles. The first-order valence-corrected chi connectivity index (χ1v) is 10.2. The lowest BCUT2D eigenvalue weighted by Gasteiger charge is -2.34. The monoisotopic (exact) mass is 435 g/mol. The predicted molar refractivity (Wildman–Crippen MR) is 108 cm³/mol. The Hall–Kier alpha value is -2.72. The molecule has 0 spiro atoms. The van der Waals surface area contributed by atoms with E-state index in [1.165, 1.54) is 11.7 Å². The number of hydrogen-bond acceptors (Lipinski definition) is 6. The van der Waals surface area contributed by atoms with Crippen LogP contribution in [0.25, 0.3) is 10.9 Å². The number of carboxylic acid groups (broad SMARTS) is 1. The number of fused-ring (bicyclic) bond motifs is 2. The van der Waals surface area contributed by atoms with Crippen molar-refractivity contribution in [1.82, 2.24) is 4.57 Å². The quantitative estimate of drug-likeness (QED) is 0.753. The Kier molecular flexibility index (Phi) is 4.49. The van der Waals surface area contributed by atoms with E-state index in [0.717, 1.165) is 12.3 Å². The minimum atomic E-state index is -1.45. The van der Waals surface area contributed by atoms with Crippen LogP contribution in [0.15, 0.2) is 17.1 Å². The highest BCUT2D eigenvalue weighted by molar-refractivity contribution is 5.97. The number of ether oxygens (including phenoxy) is 2. The van der Waals surface area contributed by atoms with Gasteiger partial charge in [-0.05, 0) is 12.5 Å². The van der Waals surface area contributed by atoms with Crippen molar-refractivity contribution in [2.45, 2.75) is 30.6 Å². The fourth-order valence-corrected chi connectivity index (χ4v) is 4.94. The Labute approximate surface area is 176 Å². The lowest BCUT2D eigenvalue weighted by Crippen LogP contribution is -2.52. The number of halogens is 2. The third-order valence-corrected chi connectivity index (χ3v) is 6.76. The topological polar surface area (TPSA) is 107 Å². The summed E-state index contributed by atoms with van der Waals surface area (Å²) in [7, 11) is 1.35. The van der Waals surface area contributed by atoms with Crippen LogP contribution < -0.4 is 20.8 Å². The smallest absolute Gasteiger partial charge is 0.341 e. The van der Waals surface area contributed by atoms with E-state index in [1.807, 2.05) is 0 Å². The first kappa shape index (κ1) is 20.2. The predicted octanol–water partition coefficient (Wildman–Crippen LogP) is 1.68. The van der Waals surface area contributed by atoms with Gasteiger partial charge in [0.05, 0.1) is 30.7 Å². The Bertz CT molecular complexity index is 1150. The third-order valence-electron chi connectivity index (χ3n) is 6.76. The van der Waals surface area contributed by atoms with Gasteiger partial charge < -0.3 is 29.8 Å². The highest BCUT2D eigenvalue weighted by Gasteiger charge is 2.47. The van der Waals surface area contributed by atoms with Crippen LogP contribution in [-0.2, 0) is 4.74 Å². The van der Waals surface area contributed by atoms with Crippen molar-refractivity contribution in [3.05, 3.63) is 33.9 Å². The second-order valence-electron chi connectivity index (χ2n) is 8.68. The van der Waals surface area contributed by atoms with Gasteiger partial charge in [-0.1, -0.05) is 0 Å². The van der Waals surface area contributed by atoms with E-state index in [-0.39, 0.29) is 34.7 Å². The van der Waals surface area contributed by atoms with Gasteiger partial charge in [0.15, 0.2) is 11.6 Å². The van der Waals surface area contributed by atoms with E-state index in [0.29, 0.717) is 32.7 Å². The van der Waals surface area contributed by atoms with Crippen LogP contribution in [0.5, 0.6) is 5.75 Å². The second kappa shape index (κ2) is 6.89. The molecule has 1 aromatic carbocycles. The fraction of sp³-hybridized carbons (Fsp3) is 0.524. The van der Waals surface area contributed by atoms with Gasteiger partial charge >= 0.3 is 5.97 Å². The number of methoxy groups -OCH3 is 1. The lowest BCUT2D eigenvalue weighted by atomic mass is 9.84. The van der Waals surface area contributed by atoms with Gasteiger partial charge in [0.25, 0.3) is 0 Å². The van der Waals surface area contributed by atoms with E-state index < -0.39 is 40.5 Å². The van der Waals surface area contributed by atoms with E-state index in [4.69, 9.17) is 15.2 Å². The molecule has 5 rings (SSSR count). The average molecular weight is 435 g/mol. The van der Waals surface area contributed by atoms with Gasteiger partial charge in [0.1, 0.15) is 17.4 Å². The van der Waals surface area contributed by atoms with Gasteiger partial charge in [-0.25, -0.2) is 13.6 Å². The summed E-state index contributed by atoms with van der Waals surface area (Å²) in [5.41, 5.74) is 5.00. The molecule has 166 valence electrons. The van der Waals surface area contributed by atoms with E-state index >= 15 is 4.39 Å². The van der Waals surface area contributed by atoms with Gasteiger partial charge in [-0.15, -0.1) is 0 Å². The average Bonchev–Trinajstić information content (AvgIpc) is 3.33. The summed E-state index contributed by atoms with van der Waals surface area (Å²) in [6.45, 7) is 1.84. The van der Waals surface area contributed by atoms with Crippen molar-refractivity contribution < 1.29 is 28.2 Å². The minimum Gasteiger partial charge on any atom is -0.492 e. The standard InChI is InChI=1S/C21H23F2N3O5/c1-30-19-16-11(18(27)12(20(28)29)7-26(16)15-5-13(15)22)4-14(23)17(19)25-6-10-8-31-3-2-21(10,24)9-25/h4,7,10,13,15H,2-3,5-6,8-9,24H2,1H3,(H,28,29)/t10-,13+,15?,21-/m1/s1. The largest absolute Gasteiger partial charge is 0.492 e. The van der Waals surface area contributed by atoms with Crippen molar-refractivity contribution >= 4 is 22.6 Å². The number of rotatable bonds is 4. The summed E-state index contributed by atoms with van der Waals surface area (Å²) in [6.07, 6.45) is 0.778. The lowest BCUT2D eigenvalue weighted by molar-refractivity contribution is 0.0241. The highest BCUT2D eigenvalue weighted by Crippen LogP contribution is 2.47. The Balaban J connectivity index is 1.74. The van der Waals surface area contributed by atoms with Crippen LogP contribution >= 0.6 is 0 Å². The molecule has 3 fully saturated rings. The van der Waals surface area contributed by atoms with Gasteiger partial charge in [-0.2, -0.15) is 0 Å². The van der Waals surface area contributed by atoms with Crippen LogP contribution in [0, 0.1) is 11.7 Å². The SMILES string of the molecule is COc1c(N2C[C@@H]3COCC[C@@]3(N)C2)c(F)cc2c(=O)c(C(=O)O)cn(C3C[C@@H]3F)c12. The van der Waals surface area contributed by atoms with Crippen molar-refractivity contribution in [1.29, 1.82) is 0 Å². The maximum absolute atomic E-state index is 15.4. The number of nitrogens with zero attached hydrogens (tertiary/aromatic N) is 2. The summed E-state index contributed by atoms with van der Waals surface area (Å²) >= 11 is 0. The van der Waals surface area contributed by atoms with Crippen molar-refractivity contribution in [3.63, 3.8) is 0 Å². The number of carbonyl (C=O) groups is 1. The van der Waals surface area contributed by atoms with Gasteiger partial charge in [-0.3, -0.25) is 4.79 Å². The molecule has 2 saturated heterocycles. The molecule has 2 aliphatic heterocycles. The number of aromatic carboxylic acids is 1. The van der Waals surface area contributed by atoms with Gasteiger partial charge in [0, 0.05) is 43.8 Å². The van der Waals surface area contributed by atoms with Crippen LogP contribution in [0.4, 0.5) is 14.5 Å². The number of nitrogens with two attached hydrogens (primary N) is 1. The molecular weight excluding hydrogens is 412 g/mol. The second-order valence-corrected chi connectivity index (χ2v) is 8.68. The zero-order chi connectivity index (χ0) is 22.1. The first-order valence-electron chi connectivity index (χ1n) is 10.2. The number of pyridine rings is 1. The molecule has 1 unspecified atom stereocenters. The summed E-state index contributed by atoms with van der Waals surface area (Å²) < 4.78 is 41.9. The molecule has 1 aliphatic carbocycles. The van der Waals surface area contributed by atoms with Crippen molar-refractivity contribution in [2.24, 2.45) is 11.7 Å². The number of anilines is 1. The Morgan fingerprint density at radius 1 is 1.45 bits per heavy atom. The van der Waals surface area contributed by atoms with Crippen molar-refractivity contribution in [3.8, 4) is 5.75 Å². The van der Waals surface area contributed by atoms with Crippen molar-refractivity contribution in [2.75, 3.05) is 38.3 Å². The zero-order valence-corrected chi connectivity index (χ0v) is 16.9. The maximum atomic E-state index is 15.4. The van der Waals surface area contributed by atoms with E-state index in [9.17, 15) is 19.1 Å². The highest BCUT2D eigenvalue weighted by atomic mass is 19.1. The minimum absolute atomic E-state index is 0.0105. The molecule has 1 saturated carbocycles. The number of hydrogen-bond donors (Lipinski definition) is 2. The number of carboxylic acids is 1. The normalized spacial score (nSPS) is 29.8. The number of alkyl halides is 1.